The molecule has 0 atom stereocenters. The van der Waals surface area contributed by atoms with Crippen molar-refractivity contribution in [2.45, 2.75) is 40.5 Å². The Hall–Kier alpha value is -2.73. The van der Waals surface area contributed by atoms with E-state index in [1.165, 1.54) is 34.7 Å². The van der Waals surface area contributed by atoms with Crippen LogP contribution >= 0.6 is 0 Å². The molecule has 2 N–H and O–H groups in total. The smallest absolute Gasteiger partial charge is 0.219 e. The predicted molar refractivity (Wildman–Crippen MR) is 148 cm³/mol. The number of aryl methyl sites for hydroxylation is 2. The van der Waals surface area contributed by atoms with Gasteiger partial charge in [-0.15, -0.1) is 0 Å². The summed E-state index contributed by atoms with van der Waals surface area (Å²) in [6.45, 7) is 12.4. The van der Waals surface area contributed by atoms with Crippen molar-refractivity contribution < 1.29 is 15.0 Å². The van der Waals surface area contributed by atoms with Crippen molar-refractivity contribution >= 4 is 16.7 Å². The van der Waals surface area contributed by atoms with Gasteiger partial charge in [0, 0.05) is 33.1 Å². The molecule has 0 aliphatic carbocycles. The zero-order valence-corrected chi connectivity index (χ0v) is 22.0. The fourth-order valence-electron chi connectivity index (χ4n) is 3.59. The highest BCUT2D eigenvalue weighted by atomic mass is 16.3. The van der Waals surface area contributed by atoms with Gasteiger partial charge in [0.25, 0.3) is 0 Å². The van der Waals surface area contributed by atoms with Crippen LogP contribution in [0.5, 0.6) is 0 Å². The molecule has 0 bridgehead atoms. The Morgan fingerprint density at radius 2 is 1.34 bits per heavy atom. The van der Waals surface area contributed by atoms with Crippen LogP contribution < -0.4 is 0 Å². The fourth-order valence-corrected chi connectivity index (χ4v) is 3.59. The average Bonchev–Trinajstić information content (AvgIpc) is 3.41. The summed E-state index contributed by atoms with van der Waals surface area (Å²) < 4.78 is 0. The summed E-state index contributed by atoms with van der Waals surface area (Å²) in [4.78, 5) is 14.4. The fraction of sp³-hybridized carbons (Fsp3) is 0.433. The lowest BCUT2D eigenvalue weighted by molar-refractivity contribution is -0.127. The van der Waals surface area contributed by atoms with E-state index < -0.39 is 0 Å². The van der Waals surface area contributed by atoms with E-state index in [4.69, 9.17) is 10.2 Å². The number of aliphatic hydroxyl groups is 2. The van der Waals surface area contributed by atoms with Crippen molar-refractivity contribution in [3.05, 3.63) is 83.9 Å². The third-order valence-electron chi connectivity index (χ3n) is 5.68. The van der Waals surface area contributed by atoms with Gasteiger partial charge in [0.1, 0.15) is 0 Å². The van der Waals surface area contributed by atoms with Crippen LogP contribution in [0.15, 0.2) is 72.8 Å². The molecule has 1 aliphatic rings. The minimum absolute atomic E-state index is 0.174. The van der Waals surface area contributed by atoms with Gasteiger partial charge in [-0.3, -0.25) is 9.69 Å². The van der Waals surface area contributed by atoms with Crippen molar-refractivity contribution in [2.24, 2.45) is 0 Å². The van der Waals surface area contributed by atoms with Gasteiger partial charge in [0.05, 0.1) is 13.2 Å². The molecule has 1 amide bonds. The van der Waals surface area contributed by atoms with Gasteiger partial charge in [0.15, 0.2) is 0 Å². The quantitative estimate of drug-likeness (QED) is 0.535. The van der Waals surface area contributed by atoms with E-state index in [0.717, 1.165) is 19.6 Å². The number of carbonyl (C=O) groups is 1. The van der Waals surface area contributed by atoms with E-state index in [-0.39, 0.29) is 19.1 Å². The molecule has 0 spiro atoms. The van der Waals surface area contributed by atoms with Crippen LogP contribution in [0.25, 0.3) is 10.8 Å². The SMILES string of the molecule is CC(=O)N1CCCC1.CCN(CCO)CCO.Cc1ccc2ccccc2c1.Cc1ccccc1. The standard InChI is InChI=1S/C11H10.C7H8.C6H15NO2.C6H11NO/c1-9-6-7-10-4-2-3-5-11(10)8-9;1-7-5-3-2-4-6-7;1-2-7(3-5-8)4-6-9;1-6(8)7-4-2-3-5-7/h2-8H,1H3;2-6H,1H3;8-9H,2-6H2,1H3;2-5H2,1H3. The maximum atomic E-state index is 10.6. The lowest BCUT2D eigenvalue weighted by atomic mass is 10.1. The molecule has 4 rings (SSSR count). The van der Waals surface area contributed by atoms with Crippen molar-refractivity contribution in [2.75, 3.05) is 45.9 Å². The van der Waals surface area contributed by atoms with Crippen LogP contribution in [0.1, 0.15) is 37.8 Å². The van der Waals surface area contributed by atoms with Crippen molar-refractivity contribution in [3.63, 3.8) is 0 Å². The molecule has 3 aromatic carbocycles. The molecule has 1 saturated heterocycles. The van der Waals surface area contributed by atoms with Gasteiger partial charge in [-0.2, -0.15) is 0 Å². The zero-order chi connectivity index (χ0) is 25.9. The first-order valence-corrected chi connectivity index (χ1v) is 12.6. The number of benzene rings is 3. The lowest BCUT2D eigenvalue weighted by Gasteiger charge is -2.16. The number of fused-ring (bicyclic) bond motifs is 1. The van der Waals surface area contributed by atoms with Gasteiger partial charge in [0.2, 0.25) is 5.91 Å². The number of aliphatic hydroxyl groups excluding tert-OH is 2. The molecule has 3 aromatic rings. The van der Waals surface area contributed by atoms with Crippen LogP contribution in [-0.2, 0) is 4.79 Å². The van der Waals surface area contributed by atoms with Crippen LogP contribution in [0, 0.1) is 13.8 Å². The molecule has 1 heterocycles. The first-order chi connectivity index (χ1) is 16.9. The first kappa shape index (κ1) is 30.3. The summed E-state index contributed by atoms with van der Waals surface area (Å²) >= 11 is 0. The van der Waals surface area contributed by atoms with Crippen molar-refractivity contribution in [3.8, 4) is 0 Å². The van der Waals surface area contributed by atoms with E-state index in [2.05, 4.69) is 68.4 Å². The Bertz CT molecular complexity index is 934. The average molecular weight is 481 g/mol. The number of nitrogens with zero attached hydrogens (tertiary/aromatic N) is 2. The molecular formula is C30H44N2O3. The minimum Gasteiger partial charge on any atom is -0.395 e. The molecule has 5 heteroatoms. The summed E-state index contributed by atoms with van der Waals surface area (Å²) in [5.41, 5.74) is 2.64. The van der Waals surface area contributed by atoms with Crippen molar-refractivity contribution in [1.29, 1.82) is 0 Å². The highest BCUT2D eigenvalue weighted by Gasteiger charge is 2.12. The van der Waals surface area contributed by atoms with Crippen LogP contribution in [0.4, 0.5) is 0 Å². The summed E-state index contributed by atoms with van der Waals surface area (Å²) in [5.74, 6) is 0.225. The number of likely N-dealkylation sites (N-methyl/N-ethyl adjacent to an activating group) is 1. The monoisotopic (exact) mass is 480 g/mol. The Balaban J connectivity index is 0.000000237. The molecule has 5 nitrogen and oxygen atoms in total. The largest absolute Gasteiger partial charge is 0.395 e. The number of carbonyl (C=O) groups excluding carboxylic acids is 1. The maximum Gasteiger partial charge on any atom is 0.219 e. The predicted octanol–water partition coefficient (Wildman–Crippen LogP) is 5.06. The third kappa shape index (κ3) is 13.7. The number of hydrogen-bond acceptors (Lipinski definition) is 4. The summed E-state index contributed by atoms with van der Waals surface area (Å²) in [6, 6.07) is 25.2. The Morgan fingerprint density at radius 3 is 1.77 bits per heavy atom. The van der Waals surface area contributed by atoms with Gasteiger partial charge < -0.3 is 15.1 Å². The third-order valence-corrected chi connectivity index (χ3v) is 5.68. The number of likely N-dealkylation sites (tertiary alicyclic amines) is 1. The molecule has 1 aliphatic heterocycles. The highest BCUT2D eigenvalue weighted by molar-refractivity contribution is 5.82. The van der Waals surface area contributed by atoms with Crippen molar-refractivity contribution in [1.82, 2.24) is 9.80 Å². The summed E-state index contributed by atoms with van der Waals surface area (Å²) in [6.07, 6.45) is 2.39. The molecule has 1 fully saturated rings. The maximum absolute atomic E-state index is 10.6. The number of hydrogen-bond donors (Lipinski definition) is 2. The van der Waals surface area contributed by atoms with Gasteiger partial charge in [-0.1, -0.05) is 90.8 Å². The Morgan fingerprint density at radius 1 is 0.800 bits per heavy atom. The van der Waals surface area contributed by atoms with Crippen LogP contribution in [0.2, 0.25) is 0 Å². The first-order valence-electron chi connectivity index (χ1n) is 12.6. The molecule has 0 aromatic heterocycles. The second-order valence-electron chi connectivity index (χ2n) is 8.60. The van der Waals surface area contributed by atoms with Crippen LogP contribution in [-0.4, -0.2) is 71.9 Å². The van der Waals surface area contributed by atoms with Gasteiger partial charge in [-0.25, -0.2) is 0 Å². The van der Waals surface area contributed by atoms with E-state index in [0.29, 0.717) is 13.1 Å². The lowest BCUT2D eigenvalue weighted by Crippen LogP contribution is -2.29. The van der Waals surface area contributed by atoms with E-state index >= 15 is 0 Å². The number of amides is 1. The Labute approximate surface area is 212 Å². The molecule has 35 heavy (non-hydrogen) atoms. The summed E-state index contributed by atoms with van der Waals surface area (Å²) in [5, 5.41) is 19.6. The van der Waals surface area contributed by atoms with Gasteiger partial charge in [-0.05, 0) is 44.0 Å². The van der Waals surface area contributed by atoms with E-state index in [9.17, 15) is 4.79 Å². The van der Waals surface area contributed by atoms with Gasteiger partial charge >= 0.3 is 0 Å². The highest BCUT2D eigenvalue weighted by Crippen LogP contribution is 2.14. The molecule has 0 saturated carbocycles. The normalized spacial score (nSPS) is 12.1. The molecular weight excluding hydrogens is 436 g/mol. The topological polar surface area (TPSA) is 64.0 Å². The van der Waals surface area contributed by atoms with Crippen LogP contribution in [0.3, 0.4) is 0 Å². The minimum atomic E-state index is 0.174. The Kier molecular flexibility index (Phi) is 16.1. The molecule has 192 valence electrons. The van der Waals surface area contributed by atoms with E-state index in [1.54, 1.807) is 6.92 Å². The molecule has 0 radical (unpaired) electrons. The second kappa shape index (κ2) is 18.6. The number of rotatable bonds is 5. The zero-order valence-electron chi connectivity index (χ0n) is 22.0. The second-order valence-corrected chi connectivity index (χ2v) is 8.60. The van der Waals surface area contributed by atoms with E-state index in [1.807, 2.05) is 34.9 Å². The molecule has 0 unspecified atom stereocenters. The summed E-state index contributed by atoms with van der Waals surface area (Å²) in [7, 11) is 0.